The standard InChI is InChI=1S/C14H19BrO2S/c1-2-18(16,17)10-9-12-8-7-11-5-3-4-6-13(11)14(12)15/h3-6,12,14H,2,7-10H2,1H3. The van der Waals surface area contributed by atoms with Crippen LogP contribution in [0.15, 0.2) is 24.3 Å². The van der Waals surface area contributed by atoms with Crippen LogP contribution in [0.1, 0.15) is 35.7 Å². The molecule has 0 saturated carbocycles. The lowest BCUT2D eigenvalue weighted by atomic mass is 9.82. The molecule has 1 aliphatic rings. The second kappa shape index (κ2) is 5.74. The zero-order chi connectivity index (χ0) is 13.2. The highest BCUT2D eigenvalue weighted by Gasteiger charge is 2.28. The van der Waals surface area contributed by atoms with Crippen molar-refractivity contribution in [3.63, 3.8) is 0 Å². The van der Waals surface area contributed by atoms with Gasteiger partial charge in [0.15, 0.2) is 0 Å². The fourth-order valence-electron chi connectivity index (χ4n) is 2.54. The fourth-order valence-corrected chi connectivity index (χ4v) is 4.46. The predicted molar refractivity (Wildman–Crippen MR) is 78.9 cm³/mol. The van der Waals surface area contributed by atoms with E-state index in [2.05, 4.69) is 40.2 Å². The van der Waals surface area contributed by atoms with E-state index in [1.165, 1.54) is 11.1 Å². The van der Waals surface area contributed by atoms with Crippen molar-refractivity contribution in [2.45, 2.75) is 31.0 Å². The quantitative estimate of drug-likeness (QED) is 0.791. The summed E-state index contributed by atoms with van der Waals surface area (Å²) in [6.45, 7) is 1.72. The van der Waals surface area contributed by atoms with E-state index in [4.69, 9.17) is 0 Å². The highest BCUT2D eigenvalue weighted by Crippen LogP contribution is 2.42. The van der Waals surface area contributed by atoms with Crippen molar-refractivity contribution in [1.29, 1.82) is 0 Å². The molecular weight excluding hydrogens is 312 g/mol. The first kappa shape index (κ1) is 14.1. The van der Waals surface area contributed by atoms with Gasteiger partial charge >= 0.3 is 0 Å². The van der Waals surface area contributed by atoms with E-state index in [9.17, 15) is 8.42 Å². The van der Waals surface area contributed by atoms with Crippen LogP contribution in [0.25, 0.3) is 0 Å². The minimum atomic E-state index is -2.84. The summed E-state index contributed by atoms with van der Waals surface area (Å²) in [6, 6.07) is 8.44. The van der Waals surface area contributed by atoms with E-state index in [1.807, 2.05) is 0 Å². The number of sulfone groups is 1. The Balaban J connectivity index is 2.06. The summed E-state index contributed by atoms with van der Waals surface area (Å²) in [4.78, 5) is 0.300. The van der Waals surface area contributed by atoms with Crippen LogP contribution in [0.4, 0.5) is 0 Å². The maximum Gasteiger partial charge on any atom is 0.150 e. The molecule has 0 fully saturated rings. The third-order valence-electron chi connectivity index (χ3n) is 3.79. The van der Waals surface area contributed by atoms with E-state index < -0.39 is 9.84 Å². The molecule has 0 aromatic heterocycles. The van der Waals surface area contributed by atoms with E-state index in [1.54, 1.807) is 6.92 Å². The molecule has 0 radical (unpaired) electrons. The van der Waals surface area contributed by atoms with Gasteiger partial charge in [-0.05, 0) is 36.3 Å². The molecule has 2 unspecified atom stereocenters. The number of halogens is 1. The highest BCUT2D eigenvalue weighted by molar-refractivity contribution is 9.09. The van der Waals surface area contributed by atoms with E-state index >= 15 is 0 Å². The van der Waals surface area contributed by atoms with Gasteiger partial charge in [-0.1, -0.05) is 47.1 Å². The smallest absolute Gasteiger partial charge is 0.150 e. The SMILES string of the molecule is CCS(=O)(=O)CCC1CCc2ccccc2C1Br. The Hall–Kier alpha value is -0.350. The van der Waals surface area contributed by atoms with Crippen LogP contribution in [0, 0.1) is 5.92 Å². The molecule has 0 spiro atoms. The lowest BCUT2D eigenvalue weighted by Gasteiger charge is -2.29. The van der Waals surface area contributed by atoms with Gasteiger partial charge in [-0.3, -0.25) is 0 Å². The molecule has 0 amide bonds. The first-order valence-electron chi connectivity index (χ1n) is 6.46. The normalized spacial score (nSPS) is 23.7. The van der Waals surface area contributed by atoms with Crippen molar-refractivity contribution in [2.24, 2.45) is 5.92 Å². The second-order valence-corrected chi connectivity index (χ2v) is 8.38. The molecule has 0 aliphatic heterocycles. The van der Waals surface area contributed by atoms with Crippen LogP contribution < -0.4 is 0 Å². The summed E-state index contributed by atoms with van der Waals surface area (Å²) in [7, 11) is -2.84. The van der Waals surface area contributed by atoms with Gasteiger partial charge in [0.05, 0.1) is 5.75 Å². The Kier molecular flexibility index (Phi) is 4.49. The highest BCUT2D eigenvalue weighted by atomic mass is 79.9. The number of rotatable bonds is 4. The average molecular weight is 331 g/mol. The molecule has 18 heavy (non-hydrogen) atoms. The van der Waals surface area contributed by atoms with Gasteiger partial charge in [-0.25, -0.2) is 8.42 Å². The van der Waals surface area contributed by atoms with E-state index in [-0.39, 0.29) is 5.75 Å². The summed E-state index contributed by atoms with van der Waals surface area (Å²) < 4.78 is 23.2. The summed E-state index contributed by atoms with van der Waals surface area (Å²) in [5, 5.41) is 0. The molecule has 0 saturated heterocycles. The van der Waals surface area contributed by atoms with Crippen LogP contribution in [-0.2, 0) is 16.3 Å². The Bertz CT molecular complexity index is 510. The number of aryl methyl sites for hydroxylation is 1. The Morgan fingerprint density at radius 3 is 2.78 bits per heavy atom. The van der Waals surface area contributed by atoms with Crippen LogP contribution in [0.3, 0.4) is 0 Å². The minimum Gasteiger partial charge on any atom is -0.229 e. The third kappa shape index (κ3) is 3.15. The second-order valence-electron chi connectivity index (χ2n) is 4.92. The van der Waals surface area contributed by atoms with Crippen LogP contribution >= 0.6 is 15.9 Å². The van der Waals surface area contributed by atoms with Gasteiger partial charge in [0.1, 0.15) is 9.84 Å². The first-order chi connectivity index (χ1) is 8.53. The van der Waals surface area contributed by atoms with E-state index in [0.717, 1.165) is 19.3 Å². The molecule has 2 atom stereocenters. The van der Waals surface area contributed by atoms with Crippen molar-refractivity contribution >= 4 is 25.8 Å². The monoisotopic (exact) mass is 330 g/mol. The van der Waals surface area contributed by atoms with Gasteiger partial charge in [0, 0.05) is 10.6 Å². The lowest BCUT2D eigenvalue weighted by molar-refractivity contribution is 0.440. The molecule has 2 nitrogen and oxygen atoms in total. The van der Waals surface area contributed by atoms with Crippen LogP contribution in [-0.4, -0.2) is 19.9 Å². The molecule has 1 aromatic rings. The third-order valence-corrected chi connectivity index (χ3v) is 6.77. The molecule has 1 aromatic carbocycles. The topological polar surface area (TPSA) is 34.1 Å². The largest absolute Gasteiger partial charge is 0.229 e. The lowest BCUT2D eigenvalue weighted by Crippen LogP contribution is -2.20. The molecule has 100 valence electrons. The molecule has 1 aliphatic carbocycles. The summed E-state index contributed by atoms with van der Waals surface area (Å²) in [5.74, 6) is 1.00. The summed E-state index contributed by atoms with van der Waals surface area (Å²) >= 11 is 3.75. The summed E-state index contributed by atoms with van der Waals surface area (Å²) in [6.07, 6.45) is 2.90. The molecule has 0 N–H and O–H groups in total. The molecule has 0 heterocycles. The van der Waals surface area contributed by atoms with Gasteiger partial charge in [-0.2, -0.15) is 0 Å². The van der Waals surface area contributed by atoms with Crippen LogP contribution in [0.5, 0.6) is 0 Å². The van der Waals surface area contributed by atoms with Crippen molar-refractivity contribution in [3.05, 3.63) is 35.4 Å². The van der Waals surface area contributed by atoms with Crippen molar-refractivity contribution in [2.75, 3.05) is 11.5 Å². The van der Waals surface area contributed by atoms with Crippen molar-refractivity contribution in [3.8, 4) is 0 Å². The average Bonchev–Trinajstić information content (AvgIpc) is 2.38. The molecule has 0 bridgehead atoms. The van der Waals surface area contributed by atoms with Gasteiger partial charge < -0.3 is 0 Å². The molecule has 2 rings (SSSR count). The number of fused-ring (bicyclic) bond motifs is 1. The van der Waals surface area contributed by atoms with E-state index in [0.29, 0.717) is 16.5 Å². The molecule has 4 heteroatoms. The van der Waals surface area contributed by atoms with Crippen molar-refractivity contribution in [1.82, 2.24) is 0 Å². The summed E-state index contributed by atoms with van der Waals surface area (Å²) in [5.41, 5.74) is 2.73. The Labute approximate surface area is 118 Å². The maximum absolute atomic E-state index is 11.6. The maximum atomic E-state index is 11.6. The number of alkyl halides is 1. The fraction of sp³-hybridized carbons (Fsp3) is 0.571. The number of hydrogen-bond donors (Lipinski definition) is 0. The zero-order valence-corrected chi connectivity index (χ0v) is 13.0. The van der Waals surface area contributed by atoms with Crippen molar-refractivity contribution < 1.29 is 8.42 Å². The Morgan fingerprint density at radius 2 is 2.06 bits per heavy atom. The molecular formula is C14H19BrO2S. The minimum absolute atomic E-state index is 0.253. The first-order valence-corrected chi connectivity index (χ1v) is 9.19. The van der Waals surface area contributed by atoms with Crippen LogP contribution in [0.2, 0.25) is 0 Å². The number of benzene rings is 1. The van der Waals surface area contributed by atoms with Gasteiger partial charge in [-0.15, -0.1) is 0 Å². The van der Waals surface area contributed by atoms with Gasteiger partial charge in [0.25, 0.3) is 0 Å². The Morgan fingerprint density at radius 1 is 1.33 bits per heavy atom. The van der Waals surface area contributed by atoms with Gasteiger partial charge in [0.2, 0.25) is 0 Å². The zero-order valence-electron chi connectivity index (χ0n) is 10.6. The number of hydrogen-bond acceptors (Lipinski definition) is 2. The predicted octanol–water partition coefficient (Wildman–Crippen LogP) is 3.51.